The number of carboxylic acid groups (broad SMARTS) is 1. The average molecular weight is 288 g/mol. The van der Waals surface area contributed by atoms with Crippen LogP contribution >= 0.6 is 0 Å². The maximum absolute atomic E-state index is 10.9. The van der Waals surface area contributed by atoms with Crippen molar-refractivity contribution in [1.29, 1.82) is 0 Å². The van der Waals surface area contributed by atoms with E-state index in [2.05, 4.69) is 4.98 Å². The molecule has 0 radical (unpaired) electrons. The first kappa shape index (κ1) is 15.1. The van der Waals surface area contributed by atoms with Gasteiger partial charge in [-0.1, -0.05) is 0 Å². The molecule has 0 atom stereocenters. The van der Waals surface area contributed by atoms with E-state index in [1.54, 1.807) is 6.20 Å². The van der Waals surface area contributed by atoms with Gasteiger partial charge in [-0.2, -0.15) is 0 Å². The van der Waals surface area contributed by atoms with Gasteiger partial charge in [0, 0.05) is 24.0 Å². The number of hydrogen-bond acceptors (Lipinski definition) is 3. The second-order valence-corrected chi connectivity index (χ2v) is 5.08. The first-order chi connectivity index (χ1) is 10.0. The van der Waals surface area contributed by atoms with Crippen molar-refractivity contribution in [2.75, 3.05) is 0 Å². The van der Waals surface area contributed by atoms with Crippen LogP contribution in [0.1, 0.15) is 26.5 Å². The van der Waals surface area contributed by atoms with Gasteiger partial charge in [0.25, 0.3) is 0 Å². The molecular formula is C16H20N2O3. The lowest BCUT2D eigenvalue weighted by atomic mass is 10.2. The fourth-order valence-corrected chi connectivity index (χ4v) is 2.25. The number of rotatable bonds is 6. The molecule has 112 valence electrons. The van der Waals surface area contributed by atoms with Crippen LogP contribution in [-0.4, -0.2) is 26.7 Å². The second kappa shape index (κ2) is 6.43. The number of aliphatic carboxylic acids is 1. The monoisotopic (exact) mass is 288 g/mol. The van der Waals surface area contributed by atoms with E-state index in [0.717, 1.165) is 17.1 Å². The number of benzene rings is 1. The highest BCUT2D eigenvalue weighted by molar-refractivity contribution is 5.70. The Morgan fingerprint density at radius 3 is 2.52 bits per heavy atom. The molecule has 0 aliphatic heterocycles. The number of imidazole rings is 1. The van der Waals surface area contributed by atoms with Crippen LogP contribution in [0.5, 0.6) is 5.75 Å². The summed E-state index contributed by atoms with van der Waals surface area (Å²) in [7, 11) is 0. The number of carboxylic acids is 1. The van der Waals surface area contributed by atoms with Crippen molar-refractivity contribution >= 4 is 5.97 Å². The SMILES string of the molecule is CCn1c(CC(=O)O)cnc1-c1ccc(OC(C)C)cc1. The molecule has 0 unspecified atom stereocenters. The third-order valence-electron chi connectivity index (χ3n) is 3.07. The summed E-state index contributed by atoms with van der Waals surface area (Å²) in [5.41, 5.74) is 1.66. The van der Waals surface area contributed by atoms with Crippen LogP contribution in [0.2, 0.25) is 0 Å². The maximum Gasteiger partial charge on any atom is 0.309 e. The standard InChI is InChI=1S/C16H20N2O3/c1-4-18-13(9-15(19)20)10-17-16(18)12-5-7-14(8-6-12)21-11(2)3/h5-8,10-11H,4,9H2,1-3H3,(H,19,20). The third-order valence-corrected chi connectivity index (χ3v) is 3.07. The minimum Gasteiger partial charge on any atom is -0.491 e. The molecule has 5 heteroatoms. The van der Waals surface area contributed by atoms with Gasteiger partial charge in [-0.05, 0) is 45.0 Å². The van der Waals surface area contributed by atoms with Crippen molar-refractivity contribution < 1.29 is 14.6 Å². The van der Waals surface area contributed by atoms with E-state index in [1.165, 1.54) is 0 Å². The molecule has 1 aromatic carbocycles. The molecule has 5 nitrogen and oxygen atoms in total. The highest BCUT2D eigenvalue weighted by Gasteiger charge is 2.13. The molecule has 0 spiro atoms. The zero-order valence-electron chi connectivity index (χ0n) is 12.5. The normalized spacial score (nSPS) is 10.9. The molecule has 0 amide bonds. The average Bonchev–Trinajstić information content (AvgIpc) is 2.81. The molecule has 0 bridgehead atoms. The summed E-state index contributed by atoms with van der Waals surface area (Å²) in [5, 5.41) is 8.93. The van der Waals surface area contributed by atoms with Crippen LogP contribution in [0.3, 0.4) is 0 Å². The molecule has 1 N–H and O–H groups in total. The number of carbonyl (C=O) groups is 1. The quantitative estimate of drug-likeness (QED) is 0.887. The van der Waals surface area contributed by atoms with E-state index in [0.29, 0.717) is 12.2 Å². The summed E-state index contributed by atoms with van der Waals surface area (Å²) in [5.74, 6) is 0.746. The van der Waals surface area contributed by atoms with Gasteiger partial charge in [0.15, 0.2) is 0 Å². The Morgan fingerprint density at radius 1 is 1.33 bits per heavy atom. The lowest BCUT2D eigenvalue weighted by Crippen LogP contribution is -2.08. The lowest BCUT2D eigenvalue weighted by molar-refractivity contribution is -0.136. The Morgan fingerprint density at radius 2 is 2.00 bits per heavy atom. The Hall–Kier alpha value is -2.30. The second-order valence-electron chi connectivity index (χ2n) is 5.08. The summed E-state index contributed by atoms with van der Waals surface area (Å²) in [6.45, 7) is 6.63. The van der Waals surface area contributed by atoms with E-state index in [1.807, 2.05) is 49.6 Å². The van der Waals surface area contributed by atoms with Crippen LogP contribution in [0.15, 0.2) is 30.5 Å². The Kier molecular flexibility index (Phi) is 4.62. The highest BCUT2D eigenvalue weighted by Crippen LogP contribution is 2.23. The van der Waals surface area contributed by atoms with E-state index in [9.17, 15) is 4.79 Å². The van der Waals surface area contributed by atoms with Crippen molar-refractivity contribution in [3.05, 3.63) is 36.2 Å². The van der Waals surface area contributed by atoms with E-state index in [-0.39, 0.29) is 12.5 Å². The van der Waals surface area contributed by atoms with E-state index in [4.69, 9.17) is 9.84 Å². The fourth-order valence-electron chi connectivity index (χ4n) is 2.25. The van der Waals surface area contributed by atoms with Crippen LogP contribution in [-0.2, 0) is 17.8 Å². The molecule has 2 aromatic rings. The third kappa shape index (κ3) is 3.62. The van der Waals surface area contributed by atoms with Gasteiger partial charge in [-0.3, -0.25) is 4.79 Å². The molecule has 0 fully saturated rings. The van der Waals surface area contributed by atoms with Crippen molar-refractivity contribution in [3.63, 3.8) is 0 Å². The van der Waals surface area contributed by atoms with Gasteiger partial charge in [0.1, 0.15) is 11.6 Å². The van der Waals surface area contributed by atoms with Gasteiger partial charge in [-0.25, -0.2) is 4.98 Å². The smallest absolute Gasteiger partial charge is 0.309 e. The fraction of sp³-hybridized carbons (Fsp3) is 0.375. The summed E-state index contributed by atoms with van der Waals surface area (Å²) in [6.07, 6.45) is 1.75. The minimum atomic E-state index is -0.850. The number of hydrogen-bond donors (Lipinski definition) is 1. The Bertz CT molecular complexity index is 615. The maximum atomic E-state index is 10.9. The minimum absolute atomic E-state index is 0.0185. The molecule has 2 rings (SSSR count). The summed E-state index contributed by atoms with van der Waals surface area (Å²) in [4.78, 5) is 15.2. The largest absolute Gasteiger partial charge is 0.491 e. The van der Waals surface area contributed by atoms with E-state index < -0.39 is 5.97 Å². The van der Waals surface area contributed by atoms with E-state index >= 15 is 0 Å². The predicted molar refractivity (Wildman–Crippen MR) is 80.4 cm³/mol. The van der Waals surface area contributed by atoms with Crippen LogP contribution in [0.4, 0.5) is 0 Å². The summed E-state index contributed by atoms with van der Waals surface area (Å²) in [6, 6.07) is 7.69. The molecule has 1 heterocycles. The van der Waals surface area contributed by atoms with Gasteiger partial charge in [0.2, 0.25) is 0 Å². The molecule has 21 heavy (non-hydrogen) atoms. The summed E-state index contributed by atoms with van der Waals surface area (Å²) >= 11 is 0. The van der Waals surface area contributed by atoms with Gasteiger partial charge >= 0.3 is 5.97 Å². The van der Waals surface area contributed by atoms with Crippen molar-refractivity contribution in [2.45, 2.75) is 39.8 Å². The predicted octanol–water partition coefficient (Wildman–Crippen LogP) is 2.98. The van der Waals surface area contributed by atoms with Crippen molar-refractivity contribution in [3.8, 4) is 17.1 Å². The molecule has 0 saturated heterocycles. The zero-order valence-corrected chi connectivity index (χ0v) is 12.5. The molecule has 0 aliphatic carbocycles. The molecule has 0 aliphatic rings. The van der Waals surface area contributed by atoms with Crippen LogP contribution < -0.4 is 4.74 Å². The van der Waals surface area contributed by atoms with Crippen LogP contribution in [0, 0.1) is 0 Å². The van der Waals surface area contributed by atoms with Gasteiger partial charge < -0.3 is 14.4 Å². The Labute approximate surface area is 124 Å². The lowest BCUT2D eigenvalue weighted by Gasteiger charge is -2.11. The topological polar surface area (TPSA) is 64.4 Å². The zero-order chi connectivity index (χ0) is 15.4. The number of aromatic nitrogens is 2. The Balaban J connectivity index is 2.29. The molecular weight excluding hydrogens is 268 g/mol. The van der Waals surface area contributed by atoms with Gasteiger partial charge in [0.05, 0.1) is 12.5 Å². The molecule has 0 saturated carbocycles. The first-order valence-corrected chi connectivity index (χ1v) is 7.04. The van der Waals surface area contributed by atoms with Crippen molar-refractivity contribution in [2.24, 2.45) is 0 Å². The number of nitrogens with zero attached hydrogens (tertiary/aromatic N) is 2. The van der Waals surface area contributed by atoms with Crippen molar-refractivity contribution in [1.82, 2.24) is 9.55 Å². The summed E-state index contributed by atoms with van der Waals surface area (Å²) < 4.78 is 7.54. The molecule has 1 aromatic heterocycles. The number of ether oxygens (including phenoxy) is 1. The highest BCUT2D eigenvalue weighted by atomic mass is 16.5. The van der Waals surface area contributed by atoms with Crippen LogP contribution in [0.25, 0.3) is 11.4 Å². The first-order valence-electron chi connectivity index (χ1n) is 7.04. The van der Waals surface area contributed by atoms with Gasteiger partial charge in [-0.15, -0.1) is 0 Å².